The Morgan fingerprint density at radius 2 is 2.10 bits per heavy atom. The Labute approximate surface area is 121 Å². The molecule has 2 rings (SSSR count). The number of ether oxygens (including phenoxy) is 1. The normalized spacial score (nSPS) is 17.9. The monoisotopic (exact) mass is 294 g/mol. The van der Waals surface area contributed by atoms with Crippen molar-refractivity contribution in [3.8, 4) is 5.75 Å². The predicted octanol–water partition coefficient (Wildman–Crippen LogP) is 2.70. The number of urea groups is 1. The lowest BCUT2D eigenvalue weighted by Crippen LogP contribution is -2.22. The number of benzene rings is 1. The molecule has 6 heteroatoms. The quantitative estimate of drug-likeness (QED) is 0.663. The topological polar surface area (TPSA) is 67.4 Å². The third-order valence-electron chi connectivity index (χ3n) is 2.89. The van der Waals surface area contributed by atoms with Gasteiger partial charge in [-0.1, -0.05) is 24.6 Å². The van der Waals surface area contributed by atoms with Gasteiger partial charge in [-0.3, -0.25) is 10.1 Å². The molecule has 0 radical (unpaired) electrons. The van der Waals surface area contributed by atoms with Gasteiger partial charge in [0.1, 0.15) is 11.4 Å². The lowest BCUT2D eigenvalue weighted by Gasteiger charge is -2.14. The molecule has 106 valence electrons. The van der Waals surface area contributed by atoms with Crippen LogP contribution in [0.5, 0.6) is 5.75 Å². The molecule has 5 nitrogen and oxygen atoms in total. The SMILES string of the molecule is CC[C@@H](C)Oc1ccc(/C=C2\NC(=O)NC2=O)cc1Cl. The third kappa shape index (κ3) is 3.30. The average Bonchev–Trinajstić information content (AvgIpc) is 2.71. The first-order valence-electron chi connectivity index (χ1n) is 6.30. The van der Waals surface area contributed by atoms with Crippen molar-refractivity contribution in [3.63, 3.8) is 0 Å². The Bertz CT molecular complexity index is 584. The van der Waals surface area contributed by atoms with Crippen LogP contribution in [0.4, 0.5) is 4.79 Å². The number of rotatable bonds is 4. The van der Waals surface area contributed by atoms with Gasteiger partial charge in [-0.15, -0.1) is 0 Å². The number of hydrogen-bond donors (Lipinski definition) is 2. The summed E-state index contributed by atoms with van der Waals surface area (Å²) in [6, 6.07) is 4.68. The minimum Gasteiger partial charge on any atom is -0.489 e. The first-order valence-corrected chi connectivity index (χ1v) is 6.67. The number of nitrogens with one attached hydrogen (secondary N) is 2. The Balaban J connectivity index is 2.19. The van der Waals surface area contributed by atoms with E-state index in [1.54, 1.807) is 24.3 Å². The molecule has 3 amide bonds. The summed E-state index contributed by atoms with van der Waals surface area (Å²) in [6.45, 7) is 3.99. The van der Waals surface area contributed by atoms with Gasteiger partial charge in [0.25, 0.3) is 5.91 Å². The van der Waals surface area contributed by atoms with Crippen LogP contribution in [0.25, 0.3) is 6.08 Å². The second-order valence-corrected chi connectivity index (χ2v) is 4.90. The van der Waals surface area contributed by atoms with E-state index in [9.17, 15) is 9.59 Å². The number of carbonyl (C=O) groups excluding carboxylic acids is 2. The van der Waals surface area contributed by atoms with Crippen LogP contribution in [0, 0.1) is 0 Å². The summed E-state index contributed by atoms with van der Waals surface area (Å²) in [7, 11) is 0. The fourth-order valence-electron chi connectivity index (χ4n) is 1.65. The lowest BCUT2D eigenvalue weighted by atomic mass is 10.2. The van der Waals surface area contributed by atoms with Crippen LogP contribution in [-0.4, -0.2) is 18.0 Å². The van der Waals surface area contributed by atoms with Crippen molar-refractivity contribution in [2.75, 3.05) is 0 Å². The van der Waals surface area contributed by atoms with Crippen molar-refractivity contribution < 1.29 is 14.3 Å². The first-order chi connectivity index (χ1) is 9.49. The Hall–Kier alpha value is -2.01. The standard InChI is InChI=1S/C14H15ClN2O3/c1-3-8(2)20-12-5-4-9(6-10(12)15)7-11-13(18)17-14(19)16-11/h4-8H,3H2,1-2H3,(H2,16,17,18,19)/b11-7-/t8-/m1/s1. The van der Waals surface area contributed by atoms with E-state index in [2.05, 4.69) is 10.6 Å². The van der Waals surface area contributed by atoms with Gasteiger partial charge in [-0.25, -0.2) is 4.79 Å². The van der Waals surface area contributed by atoms with E-state index in [4.69, 9.17) is 16.3 Å². The minimum absolute atomic E-state index is 0.0802. The number of hydrogen-bond acceptors (Lipinski definition) is 3. The van der Waals surface area contributed by atoms with Gasteiger partial charge in [0.05, 0.1) is 11.1 Å². The van der Waals surface area contributed by atoms with Crippen LogP contribution in [0.15, 0.2) is 23.9 Å². The molecule has 20 heavy (non-hydrogen) atoms. The molecule has 1 aliphatic rings. The highest BCUT2D eigenvalue weighted by Gasteiger charge is 2.22. The predicted molar refractivity (Wildman–Crippen MR) is 76.5 cm³/mol. The smallest absolute Gasteiger partial charge is 0.326 e. The number of amides is 3. The number of carbonyl (C=O) groups is 2. The molecular weight excluding hydrogens is 280 g/mol. The molecule has 0 aliphatic carbocycles. The molecule has 0 spiro atoms. The van der Waals surface area contributed by atoms with Gasteiger partial charge in [-0.05, 0) is 37.1 Å². The van der Waals surface area contributed by atoms with Gasteiger partial charge in [0, 0.05) is 0 Å². The largest absolute Gasteiger partial charge is 0.489 e. The minimum atomic E-state index is -0.524. The Morgan fingerprint density at radius 3 is 2.65 bits per heavy atom. The van der Waals surface area contributed by atoms with Crippen molar-refractivity contribution in [2.45, 2.75) is 26.4 Å². The molecule has 2 N–H and O–H groups in total. The highest BCUT2D eigenvalue weighted by molar-refractivity contribution is 6.32. The zero-order chi connectivity index (χ0) is 14.7. The zero-order valence-corrected chi connectivity index (χ0v) is 12.0. The van der Waals surface area contributed by atoms with E-state index in [0.29, 0.717) is 16.3 Å². The molecule has 1 aromatic rings. The fraction of sp³-hybridized carbons (Fsp3) is 0.286. The summed E-state index contributed by atoms with van der Waals surface area (Å²) in [5.41, 5.74) is 0.903. The Morgan fingerprint density at radius 1 is 1.35 bits per heavy atom. The maximum absolute atomic E-state index is 11.4. The molecule has 1 aliphatic heterocycles. The maximum atomic E-state index is 11.4. The van der Waals surface area contributed by atoms with E-state index in [-0.39, 0.29) is 11.8 Å². The van der Waals surface area contributed by atoms with Crippen molar-refractivity contribution in [1.82, 2.24) is 10.6 Å². The van der Waals surface area contributed by atoms with Crippen molar-refractivity contribution in [3.05, 3.63) is 34.5 Å². The van der Waals surface area contributed by atoms with Gasteiger partial charge in [-0.2, -0.15) is 0 Å². The van der Waals surface area contributed by atoms with E-state index < -0.39 is 11.9 Å². The molecular formula is C14H15ClN2O3. The van der Waals surface area contributed by atoms with Crippen LogP contribution >= 0.6 is 11.6 Å². The summed E-state index contributed by atoms with van der Waals surface area (Å²) in [5.74, 6) is 0.147. The molecule has 0 saturated carbocycles. The molecule has 1 saturated heterocycles. The van der Waals surface area contributed by atoms with Gasteiger partial charge in [0.15, 0.2) is 0 Å². The fourth-order valence-corrected chi connectivity index (χ4v) is 1.89. The van der Waals surface area contributed by atoms with Crippen LogP contribution in [0.2, 0.25) is 5.02 Å². The van der Waals surface area contributed by atoms with Crippen LogP contribution in [-0.2, 0) is 4.79 Å². The summed E-state index contributed by atoms with van der Waals surface area (Å²) < 4.78 is 5.66. The second-order valence-electron chi connectivity index (χ2n) is 4.49. The molecule has 0 bridgehead atoms. The molecule has 1 aromatic carbocycles. The van der Waals surface area contributed by atoms with Crippen LogP contribution in [0.3, 0.4) is 0 Å². The molecule has 1 atom stereocenters. The first kappa shape index (κ1) is 14.4. The average molecular weight is 295 g/mol. The third-order valence-corrected chi connectivity index (χ3v) is 3.19. The van der Waals surface area contributed by atoms with Crippen molar-refractivity contribution >= 4 is 29.6 Å². The van der Waals surface area contributed by atoms with Crippen molar-refractivity contribution in [2.24, 2.45) is 0 Å². The van der Waals surface area contributed by atoms with Crippen LogP contribution in [0.1, 0.15) is 25.8 Å². The Kier molecular flexibility index (Phi) is 4.29. The lowest BCUT2D eigenvalue weighted by molar-refractivity contribution is -0.115. The van der Waals surface area contributed by atoms with Gasteiger partial charge < -0.3 is 10.1 Å². The van der Waals surface area contributed by atoms with E-state index in [1.807, 2.05) is 13.8 Å². The highest BCUT2D eigenvalue weighted by atomic mass is 35.5. The van der Waals surface area contributed by atoms with Gasteiger partial charge >= 0.3 is 6.03 Å². The number of halogens is 1. The summed E-state index contributed by atoms with van der Waals surface area (Å²) in [6.07, 6.45) is 2.52. The van der Waals surface area contributed by atoms with Crippen LogP contribution < -0.4 is 15.4 Å². The van der Waals surface area contributed by atoms with E-state index in [1.165, 1.54) is 0 Å². The molecule has 0 aromatic heterocycles. The van der Waals surface area contributed by atoms with Crippen molar-refractivity contribution in [1.29, 1.82) is 0 Å². The van der Waals surface area contributed by atoms with E-state index in [0.717, 1.165) is 6.42 Å². The van der Waals surface area contributed by atoms with E-state index >= 15 is 0 Å². The second kappa shape index (κ2) is 5.96. The summed E-state index contributed by atoms with van der Waals surface area (Å²) >= 11 is 6.14. The maximum Gasteiger partial charge on any atom is 0.326 e. The zero-order valence-electron chi connectivity index (χ0n) is 11.2. The summed E-state index contributed by atoms with van der Waals surface area (Å²) in [4.78, 5) is 22.4. The molecule has 0 unspecified atom stereocenters. The summed E-state index contributed by atoms with van der Waals surface area (Å²) in [5, 5.41) is 5.01. The number of imide groups is 1. The molecule has 1 heterocycles. The molecule has 1 fully saturated rings. The highest BCUT2D eigenvalue weighted by Crippen LogP contribution is 2.27. The van der Waals surface area contributed by atoms with Gasteiger partial charge in [0.2, 0.25) is 0 Å².